The van der Waals surface area contributed by atoms with Crippen LogP contribution in [0.5, 0.6) is 0 Å². The zero-order valence-corrected chi connectivity index (χ0v) is 10.1. The number of rotatable bonds is 3. The molecular formula is C17H14N. The lowest BCUT2D eigenvalue weighted by molar-refractivity contribution is 1.15. The zero-order chi connectivity index (χ0) is 12.2. The fourth-order valence-electron chi connectivity index (χ4n) is 2.01. The Morgan fingerprint density at radius 2 is 1.56 bits per heavy atom. The maximum Gasteiger partial charge on any atom is 0.0430 e. The molecule has 3 aromatic rings. The smallest absolute Gasteiger partial charge is 0.0430 e. The summed E-state index contributed by atoms with van der Waals surface area (Å²) < 4.78 is 0. The highest BCUT2D eigenvalue weighted by atomic mass is 14.9. The van der Waals surface area contributed by atoms with Gasteiger partial charge in [0.15, 0.2) is 0 Å². The first-order valence-corrected chi connectivity index (χ1v) is 6.11. The second kappa shape index (κ2) is 4.92. The highest BCUT2D eigenvalue weighted by molar-refractivity contribution is 5.84. The molecule has 0 aliphatic carbocycles. The van der Waals surface area contributed by atoms with E-state index in [0.29, 0.717) is 0 Å². The molecule has 0 saturated heterocycles. The van der Waals surface area contributed by atoms with Gasteiger partial charge in [-0.25, -0.2) is 0 Å². The van der Waals surface area contributed by atoms with Gasteiger partial charge in [0.25, 0.3) is 0 Å². The fraction of sp³-hybridized carbons (Fsp3) is 0.0588. The molecule has 0 saturated carbocycles. The van der Waals surface area contributed by atoms with Gasteiger partial charge in [-0.1, -0.05) is 60.7 Å². The van der Waals surface area contributed by atoms with Gasteiger partial charge >= 0.3 is 0 Å². The largest absolute Gasteiger partial charge is 0.380 e. The summed E-state index contributed by atoms with van der Waals surface area (Å²) in [4.78, 5) is 0. The van der Waals surface area contributed by atoms with Crippen LogP contribution in [0.3, 0.4) is 0 Å². The molecule has 0 aromatic heterocycles. The summed E-state index contributed by atoms with van der Waals surface area (Å²) in [6.07, 6.45) is 0. The number of hydrogen-bond acceptors (Lipinski definition) is 1. The van der Waals surface area contributed by atoms with E-state index in [9.17, 15) is 0 Å². The Morgan fingerprint density at radius 1 is 0.778 bits per heavy atom. The van der Waals surface area contributed by atoms with E-state index in [4.69, 9.17) is 0 Å². The van der Waals surface area contributed by atoms with Gasteiger partial charge in [-0.3, -0.25) is 0 Å². The Labute approximate surface area is 107 Å². The molecule has 0 spiro atoms. The van der Waals surface area contributed by atoms with Crippen molar-refractivity contribution >= 4 is 16.5 Å². The Hall–Kier alpha value is -2.28. The van der Waals surface area contributed by atoms with Crippen LogP contribution in [0.4, 0.5) is 5.69 Å². The van der Waals surface area contributed by atoms with E-state index < -0.39 is 0 Å². The van der Waals surface area contributed by atoms with Crippen LogP contribution in [0.25, 0.3) is 10.8 Å². The summed E-state index contributed by atoms with van der Waals surface area (Å²) in [5, 5.41) is 5.77. The third-order valence-corrected chi connectivity index (χ3v) is 2.99. The van der Waals surface area contributed by atoms with Crippen LogP contribution in [0.2, 0.25) is 0 Å². The van der Waals surface area contributed by atoms with E-state index >= 15 is 0 Å². The van der Waals surface area contributed by atoms with Gasteiger partial charge in [-0.2, -0.15) is 0 Å². The summed E-state index contributed by atoms with van der Waals surface area (Å²) in [5.41, 5.74) is 2.32. The molecule has 0 amide bonds. The topological polar surface area (TPSA) is 12.0 Å². The highest BCUT2D eigenvalue weighted by Crippen LogP contribution is 2.18. The summed E-state index contributed by atoms with van der Waals surface area (Å²) in [6, 6.07) is 26.3. The van der Waals surface area contributed by atoms with Crippen LogP contribution >= 0.6 is 0 Å². The van der Waals surface area contributed by atoms with E-state index in [-0.39, 0.29) is 0 Å². The van der Waals surface area contributed by atoms with E-state index in [1.807, 2.05) is 18.2 Å². The van der Waals surface area contributed by atoms with Crippen LogP contribution in [-0.2, 0) is 6.54 Å². The lowest BCUT2D eigenvalue weighted by atomic mass is 10.1. The van der Waals surface area contributed by atoms with Crippen molar-refractivity contribution in [3.8, 4) is 0 Å². The predicted octanol–water partition coefficient (Wildman–Crippen LogP) is 4.25. The molecule has 3 aromatic carbocycles. The molecule has 1 N–H and O–H groups in total. The van der Waals surface area contributed by atoms with Gasteiger partial charge < -0.3 is 5.32 Å². The van der Waals surface area contributed by atoms with Crippen LogP contribution in [0.1, 0.15) is 5.56 Å². The van der Waals surface area contributed by atoms with E-state index in [1.54, 1.807) is 0 Å². The van der Waals surface area contributed by atoms with Gasteiger partial charge in [0, 0.05) is 18.3 Å². The maximum atomic E-state index is 3.40. The van der Waals surface area contributed by atoms with Crippen LogP contribution in [-0.4, -0.2) is 0 Å². The molecule has 0 aliphatic heterocycles. The molecular weight excluding hydrogens is 218 g/mol. The fourth-order valence-corrected chi connectivity index (χ4v) is 2.01. The van der Waals surface area contributed by atoms with Crippen molar-refractivity contribution in [2.75, 3.05) is 5.32 Å². The molecule has 0 heterocycles. The molecule has 87 valence electrons. The van der Waals surface area contributed by atoms with E-state index in [0.717, 1.165) is 17.6 Å². The third kappa shape index (κ3) is 2.35. The summed E-state index contributed by atoms with van der Waals surface area (Å²) in [6.45, 7) is 0.829. The first-order chi connectivity index (χ1) is 8.92. The quantitative estimate of drug-likeness (QED) is 0.711. The molecule has 0 fully saturated rings. The zero-order valence-electron chi connectivity index (χ0n) is 10.1. The van der Waals surface area contributed by atoms with Gasteiger partial charge in [-0.15, -0.1) is 0 Å². The molecule has 1 heteroatoms. The van der Waals surface area contributed by atoms with Crippen molar-refractivity contribution in [1.82, 2.24) is 0 Å². The predicted molar refractivity (Wildman–Crippen MR) is 76.6 cm³/mol. The Balaban J connectivity index is 1.79. The van der Waals surface area contributed by atoms with Gasteiger partial charge in [-0.05, 0) is 22.4 Å². The lowest BCUT2D eigenvalue weighted by Crippen LogP contribution is -1.98. The Morgan fingerprint density at radius 3 is 2.44 bits per heavy atom. The van der Waals surface area contributed by atoms with Gasteiger partial charge in [0.2, 0.25) is 0 Å². The molecule has 1 nitrogen and oxygen atoms in total. The van der Waals surface area contributed by atoms with Crippen molar-refractivity contribution in [2.45, 2.75) is 6.54 Å². The number of fused-ring (bicyclic) bond motifs is 1. The minimum absolute atomic E-state index is 0.829. The van der Waals surface area contributed by atoms with Crippen LogP contribution in [0, 0.1) is 6.07 Å². The second-order valence-electron chi connectivity index (χ2n) is 4.30. The number of hydrogen-bond donors (Lipinski definition) is 1. The standard InChI is InChI=1S/C17H14N/c1-2-6-14(7-3-1)13-18-17-11-10-15-8-4-5-9-16(15)12-17/h1-11,18H,13H2. The molecule has 1 radical (unpaired) electrons. The normalized spacial score (nSPS) is 10.4. The first-order valence-electron chi connectivity index (χ1n) is 6.11. The minimum atomic E-state index is 0.829. The monoisotopic (exact) mass is 232 g/mol. The molecule has 0 atom stereocenters. The number of anilines is 1. The van der Waals surface area contributed by atoms with Crippen molar-refractivity contribution < 1.29 is 0 Å². The maximum absolute atomic E-state index is 3.40. The van der Waals surface area contributed by atoms with E-state index in [2.05, 4.69) is 59.9 Å². The highest BCUT2D eigenvalue weighted by Gasteiger charge is 1.96. The van der Waals surface area contributed by atoms with Gasteiger partial charge in [0.1, 0.15) is 0 Å². The molecule has 0 aliphatic rings. The van der Waals surface area contributed by atoms with Crippen LogP contribution in [0.15, 0.2) is 66.7 Å². The second-order valence-corrected chi connectivity index (χ2v) is 4.30. The average molecular weight is 232 g/mol. The molecule has 18 heavy (non-hydrogen) atoms. The van der Waals surface area contributed by atoms with Crippen molar-refractivity contribution in [1.29, 1.82) is 0 Å². The lowest BCUT2D eigenvalue weighted by Gasteiger charge is -2.07. The van der Waals surface area contributed by atoms with Crippen molar-refractivity contribution in [2.24, 2.45) is 0 Å². The van der Waals surface area contributed by atoms with Gasteiger partial charge in [0.05, 0.1) is 0 Å². The number of nitrogens with one attached hydrogen (secondary N) is 1. The van der Waals surface area contributed by atoms with Crippen molar-refractivity contribution in [3.05, 3.63) is 78.4 Å². The van der Waals surface area contributed by atoms with Crippen LogP contribution < -0.4 is 5.32 Å². The number of benzene rings is 3. The Bertz CT molecular complexity index is 644. The summed E-state index contributed by atoms with van der Waals surface area (Å²) in [5.74, 6) is 0. The molecule has 0 unspecified atom stereocenters. The van der Waals surface area contributed by atoms with Crippen molar-refractivity contribution in [3.63, 3.8) is 0 Å². The Kier molecular flexibility index (Phi) is 2.97. The van der Waals surface area contributed by atoms with E-state index in [1.165, 1.54) is 10.9 Å². The average Bonchev–Trinajstić information content (AvgIpc) is 2.46. The third-order valence-electron chi connectivity index (χ3n) is 2.99. The molecule has 3 rings (SSSR count). The summed E-state index contributed by atoms with van der Waals surface area (Å²) in [7, 11) is 0. The summed E-state index contributed by atoms with van der Waals surface area (Å²) >= 11 is 0. The molecule has 0 bridgehead atoms. The minimum Gasteiger partial charge on any atom is -0.380 e. The SMILES string of the molecule is [c]1c(NCc2ccccc2)ccc2ccccc12. The first kappa shape index (κ1) is 10.8.